The maximum Gasteiger partial charge on any atom is 0.253 e. The van der Waals surface area contributed by atoms with Gasteiger partial charge < -0.3 is 5.32 Å². The van der Waals surface area contributed by atoms with Gasteiger partial charge in [0.15, 0.2) is 0 Å². The SMILES string of the molecule is CC(C)C(CI)NC(=O)c1ccc(Cl)cc1Cl. The molecule has 94 valence electrons. The number of benzene rings is 1. The van der Waals surface area contributed by atoms with Crippen LogP contribution < -0.4 is 5.32 Å². The minimum atomic E-state index is -0.151. The minimum absolute atomic E-state index is 0.148. The van der Waals surface area contributed by atoms with Gasteiger partial charge in [-0.05, 0) is 24.1 Å². The molecule has 0 aliphatic rings. The molecule has 0 spiro atoms. The van der Waals surface area contributed by atoms with Crippen molar-refractivity contribution in [2.45, 2.75) is 19.9 Å². The number of amides is 1. The van der Waals surface area contributed by atoms with Crippen LogP contribution in [0.25, 0.3) is 0 Å². The molecule has 0 fully saturated rings. The van der Waals surface area contributed by atoms with Crippen LogP contribution in [0.5, 0.6) is 0 Å². The third-order valence-electron chi connectivity index (χ3n) is 2.46. The van der Waals surface area contributed by atoms with Crippen molar-refractivity contribution in [2.24, 2.45) is 5.92 Å². The Labute approximate surface area is 125 Å². The fraction of sp³-hybridized carbons (Fsp3) is 0.417. The molecular weight excluding hydrogens is 372 g/mol. The highest BCUT2D eigenvalue weighted by Crippen LogP contribution is 2.21. The number of hydrogen-bond acceptors (Lipinski definition) is 1. The summed E-state index contributed by atoms with van der Waals surface area (Å²) in [6.07, 6.45) is 0. The number of carbonyl (C=O) groups is 1. The zero-order valence-corrected chi connectivity index (χ0v) is 13.3. The third-order valence-corrected chi connectivity index (χ3v) is 3.96. The maximum absolute atomic E-state index is 12.0. The van der Waals surface area contributed by atoms with Crippen molar-refractivity contribution in [1.29, 1.82) is 0 Å². The first kappa shape index (κ1) is 15.1. The van der Waals surface area contributed by atoms with Crippen molar-refractivity contribution in [1.82, 2.24) is 5.32 Å². The van der Waals surface area contributed by atoms with Gasteiger partial charge in [0, 0.05) is 15.5 Å². The van der Waals surface area contributed by atoms with E-state index in [1.807, 2.05) is 0 Å². The molecule has 1 amide bonds. The lowest BCUT2D eigenvalue weighted by molar-refractivity contribution is 0.0932. The van der Waals surface area contributed by atoms with Crippen LogP contribution in [-0.4, -0.2) is 16.4 Å². The largest absolute Gasteiger partial charge is 0.348 e. The average Bonchev–Trinajstić information content (AvgIpc) is 2.24. The summed E-state index contributed by atoms with van der Waals surface area (Å²) in [5.41, 5.74) is 0.464. The fourth-order valence-corrected chi connectivity index (χ4v) is 3.03. The zero-order chi connectivity index (χ0) is 13.0. The number of hydrogen-bond donors (Lipinski definition) is 1. The minimum Gasteiger partial charge on any atom is -0.348 e. The summed E-state index contributed by atoms with van der Waals surface area (Å²) in [5, 5.41) is 3.88. The quantitative estimate of drug-likeness (QED) is 0.611. The highest BCUT2D eigenvalue weighted by molar-refractivity contribution is 14.1. The van der Waals surface area contributed by atoms with E-state index in [1.165, 1.54) is 0 Å². The Balaban J connectivity index is 2.82. The fourth-order valence-electron chi connectivity index (χ4n) is 1.30. The van der Waals surface area contributed by atoms with Crippen molar-refractivity contribution >= 4 is 51.7 Å². The summed E-state index contributed by atoms with van der Waals surface area (Å²) in [6.45, 7) is 4.15. The van der Waals surface area contributed by atoms with Crippen LogP contribution in [-0.2, 0) is 0 Å². The lowest BCUT2D eigenvalue weighted by Crippen LogP contribution is -2.39. The second-order valence-electron chi connectivity index (χ2n) is 4.10. The zero-order valence-electron chi connectivity index (χ0n) is 9.64. The average molecular weight is 386 g/mol. The molecule has 0 saturated carbocycles. The van der Waals surface area contributed by atoms with Gasteiger partial charge in [-0.15, -0.1) is 0 Å². The van der Waals surface area contributed by atoms with Crippen LogP contribution in [0, 0.1) is 5.92 Å². The van der Waals surface area contributed by atoms with Crippen molar-refractivity contribution in [3.05, 3.63) is 33.8 Å². The molecule has 1 atom stereocenters. The van der Waals surface area contributed by atoms with Crippen LogP contribution >= 0.6 is 45.8 Å². The standard InChI is InChI=1S/C12H14Cl2INO/c1-7(2)11(6-15)16-12(17)9-4-3-8(13)5-10(9)14/h3-5,7,11H,6H2,1-2H3,(H,16,17). The summed E-state index contributed by atoms with van der Waals surface area (Å²) < 4.78 is 0.867. The Morgan fingerprint density at radius 2 is 2.06 bits per heavy atom. The third kappa shape index (κ3) is 4.30. The van der Waals surface area contributed by atoms with E-state index in [9.17, 15) is 4.79 Å². The number of nitrogens with one attached hydrogen (secondary N) is 1. The summed E-state index contributed by atoms with van der Waals surface area (Å²) in [6, 6.07) is 5.03. The Hall–Kier alpha value is -0.0000000000000000555. The molecule has 17 heavy (non-hydrogen) atoms. The molecule has 1 rings (SSSR count). The van der Waals surface area contributed by atoms with Crippen LogP contribution in [0.2, 0.25) is 10.0 Å². The Morgan fingerprint density at radius 1 is 1.41 bits per heavy atom. The van der Waals surface area contributed by atoms with Gasteiger partial charge >= 0.3 is 0 Å². The first-order chi connectivity index (χ1) is 7.95. The van der Waals surface area contributed by atoms with E-state index in [0.29, 0.717) is 21.5 Å². The molecule has 0 heterocycles. The van der Waals surface area contributed by atoms with Gasteiger partial charge in [0.05, 0.1) is 10.6 Å². The lowest BCUT2D eigenvalue weighted by atomic mass is 10.1. The second-order valence-corrected chi connectivity index (χ2v) is 5.83. The molecule has 1 unspecified atom stereocenters. The van der Waals surface area contributed by atoms with Crippen molar-refractivity contribution < 1.29 is 4.79 Å². The number of carbonyl (C=O) groups excluding carboxylic acids is 1. The first-order valence-electron chi connectivity index (χ1n) is 5.27. The molecule has 1 N–H and O–H groups in total. The van der Waals surface area contributed by atoms with E-state index in [1.54, 1.807) is 18.2 Å². The molecule has 0 aliphatic carbocycles. The normalized spacial score (nSPS) is 12.6. The second kappa shape index (κ2) is 6.81. The maximum atomic E-state index is 12.0. The monoisotopic (exact) mass is 385 g/mol. The van der Waals surface area contributed by atoms with Crippen molar-refractivity contribution in [2.75, 3.05) is 4.43 Å². The van der Waals surface area contributed by atoms with Gasteiger partial charge in [-0.1, -0.05) is 59.6 Å². The lowest BCUT2D eigenvalue weighted by Gasteiger charge is -2.20. The van der Waals surface area contributed by atoms with E-state index in [4.69, 9.17) is 23.2 Å². The molecule has 0 saturated heterocycles. The molecule has 1 aromatic carbocycles. The summed E-state index contributed by atoms with van der Waals surface area (Å²) in [4.78, 5) is 12.0. The van der Waals surface area contributed by atoms with Gasteiger partial charge in [0.25, 0.3) is 5.91 Å². The molecule has 0 bridgehead atoms. The summed E-state index contributed by atoms with van der Waals surface area (Å²) in [7, 11) is 0. The summed E-state index contributed by atoms with van der Waals surface area (Å²) in [5.74, 6) is 0.240. The number of rotatable bonds is 4. The molecule has 5 heteroatoms. The molecule has 1 aromatic rings. The van der Waals surface area contributed by atoms with E-state index in [-0.39, 0.29) is 11.9 Å². The van der Waals surface area contributed by atoms with E-state index in [2.05, 4.69) is 41.8 Å². The van der Waals surface area contributed by atoms with Crippen molar-refractivity contribution in [3.63, 3.8) is 0 Å². The predicted octanol–water partition coefficient (Wildman–Crippen LogP) is 4.18. The molecule has 2 nitrogen and oxygen atoms in total. The van der Waals surface area contributed by atoms with E-state index < -0.39 is 0 Å². The van der Waals surface area contributed by atoms with E-state index >= 15 is 0 Å². The van der Waals surface area contributed by atoms with Gasteiger partial charge in [0.1, 0.15) is 0 Å². The van der Waals surface area contributed by atoms with E-state index in [0.717, 1.165) is 4.43 Å². The van der Waals surface area contributed by atoms with Crippen LogP contribution in [0.3, 0.4) is 0 Å². The smallest absolute Gasteiger partial charge is 0.253 e. The molecule has 0 aliphatic heterocycles. The summed E-state index contributed by atoms with van der Waals surface area (Å²) >= 11 is 14.0. The first-order valence-corrected chi connectivity index (χ1v) is 7.55. The van der Waals surface area contributed by atoms with Gasteiger partial charge in [0.2, 0.25) is 0 Å². The highest BCUT2D eigenvalue weighted by Gasteiger charge is 2.17. The van der Waals surface area contributed by atoms with Crippen LogP contribution in [0.4, 0.5) is 0 Å². The predicted molar refractivity (Wildman–Crippen MR) is 81.4 cm³/mol. The topological polar surface area (TPSA) is 29.1 Å². The van der Waals surface area contributed by atoms with Gasteiger partial charge in [-0.2, -0.15) is 0 Å². The molecular formula is C12H14Cl2INO. The molecule has 0 radical (unpaired) electrons. The van der Waals surface area contributed by atoms with Crippen LogP contribution in [0.1, 0.15) is 24.2 Å². The Bertz CT molecular complexity index is 409. The highest BCUT2D eigenvalue weighted by atomic mass is 127. The van der Waals surface area contributed by atoms with Gasteiger partial charge in [-0.25, -0.2) is 0 Å². The van der Waals surface area contributed by atoms with Gasteiger partial charge in [-0.3, -0.25) is 4.79 Å². The van der Waals surface area contributed by atoms with Crippen molar-refractivity contribution in [3.8, 4) is 0 Å². The Kier molecular flexibility index (Phi) is 6.03. The van der Waals surface area contributed by atoms with Crippen LogP contribution in [0.15, 0.2) is 18.2 Å². The molecule has 0 aromatic heterocycles. The Morgan fingerprint density at radius 3 is 2.53 bits per heavy atom. The number of alkyl halides is 1. The number of halogens is 3.